The monoisotopic (exact) mass is 354 g/mol. The van der Waals surface area contributed by atoms with E-state index < -0.39 is 9.84 Å². The Morgan fingerprint density at radius 3 is 2.43 bits per heavy atom. The second-order valence-corrected chi connectivity index (χ2v) is 8.27. The van der Waals surface area contributed by atoms with Gasteiger partial charge in [0.05, 0.1) is 4.90 Å². The van der Waals surface area contributed by atoms with E-state index in [-0.39, 0.29) is 9.92 Å². The first-order valence-electron chi connectivity index (χ1n) is 7.61. The van der Waals surface area contributed by atoms with Gasteiger partial charge in [0.1, 0.15) is 0 Å². The third-order valence-electron chi connectivity index (χ3n) is 4.14. The molecule has 0 N–H and O–H groups in total. The van der Waals surface area contributed by atoms with Crippen molar-refractivity contribution in [3.8, 4) is 0 Å². The highest BCUT2D eigenvalue weighted by atomic mass is 35.5. The van der Waals surface area contributed by atoms with Gasteiger partial charge >= 0.3 is 0 Å². The topological polar surface area (TPSA) is 63.4 Å². The van der Waals surface area contributed by atoms with Crippen molar-refractivity contribution in [1.82, 2.24) is 4.98 Å². The van der Waals surface area contributed by atoms with E-state index in [9.17, 15) is 8.42 Å². The molecule has 23 heavy (non-hydrogen) atoms. The van der Waals surface area contributed by atoms with Crippen LogP contribution in [0.15, 0.2) is 38.6 Å². The molecule has 1 aliphatic rings. The van der Waals surface area contributed by atoms with E-state index in [1.165, 1.54) is 12.1 Å². The number of oxazole rings is 1. The molecule has 1 aliphatic heterocycles. The van der Waals surface area contributed by atoms with Gasteiger partial charge in [0.2, 0.25) is 20.7 Å². The Bertz CT molecular complexity index is 791. The van der Waals surface area contributed by atoms with E-state index in [1.807, 2.05) is 4.90 Å². The Morgan fingerprint density at radius 1 is 1.22 bits per heavy atom. The van der Waals surface area contributed by atoms with Gasteiger partial charge in [-0.1, -0.05) is 18.5 Å². The lowest BCUT2D eigenvalue weighted by atomic mass is 9.99. The molecule has 0 bridgehead atoms. The molecule has 0 unspecified atom stereocenters. The lowest BCUT2D eigenvalue weighted by Gasteiger charge is -2.30. The van der Waals surface area contributed by atoms with Crippen LogP contribution in [0.3, 0.4) is 0 Å². The van der Waals surface area contributed by atoms with Gasteiger partial charge in [0.15, 0.2) is 5.89 Å². The number of aryl methyl sites for hydroxylation is 1. The van der Waals surface area contributed by atoms with Crippen LogP contribution in [-0.2, 0) is 9.84 Å². The predicted molar refractivity (Wildman–Crippen MR) is 88.8 cm³/mol. The standard InChI is InChI=1S/C16H19ClN2O3S/c1-11-7-9-19(10-8-11)16-15(18-12(2)22-16)23(20,21)14-5-3-13(17)4-6-14/h3-6,11H,7-10H2,1-2H3. The second-order valence-electron chi connectivity index (χ2n) is 5.97. The van der Waals surface area contributed by atoms with E-state index in [4.69, 9.17) is 16.0 Å². The minimum atomic E-state index is -3.73. The van der Waals surface area contributed by atoms with Crippen LogP contribution < -0.4 is 4.90 Å². The summed E-state index contributed by atoms with van der Waals surface area (Å²) in [5.74, 6) is 1.35. The van der Waals surface area contributed by atoms with Gasteiger partial charge in [0, 0.05) is 25.0 Å². The summed E-state index contributed by atoms with van der Waals surface area (Å²) in [5, 5.41) is 0.484. The van der Waals surface area contributed by atoms with Crippen LogP contribution in [0.4, 0.5) is 5.88 Å². The summed E-state index contributed by atoms with van der Waals surface area (Å²) in [6, 6.07) is 6.10. The smallest absolute Gasteiger partial charge is 0.236 e. The van der Waals surface area contributed by atoms with E-state index in [0.29, 0.717) is 22.7 Å². The van der Waals surface area contributed by atoms with Crippen LogP contribution in [0.25, 0.3) is 0 Å². The van der Waals surface area contributed by atoms with Gasteiger partial charge in [-0.25, -0.2) is 8.42 Å². The number of piperidine rings is 1. The third-order valence-corrected chi connectivity index (χ3v) is 6.06. The van der Waals surface area contributed by atoms with Gasteiger partial charge < -0.3 is 9.32 Å². The van der Waals surface area contributed by atoms with E-state index in [0.717, 1.165) is 25.9 Å². The maximum absolute atomic E-state index is 12.9. The van der Waals surface area contributed by atoms with Crippen LogP contribution in [0.1, 0.15) is 25.7 Å². The maximum atomic E-state index is 12.9. The molecule has 1 saturated heterocycles. The van der Waals surface area contributed by atoms with Crippen molar-refractivity contribution in [3.05, 3.63) is 35.2 Å². The summed E-state index contributed by atoms with van der Waals surface area (Å²) in [4.78, 5) is 6.29. The van der Waals surface area contributed by atoms with Crippen molar-refractivity contribution in [2.24, 2.45) is 5.92 Å². The first-order valence-corrected chi connectivity index (χ1v) is 9.47. The molecule has 1 aromatic carbocycles. The average Bonchev–Trinajstić information content (AvgIpc) is 2.91. The Balaban J connectivity index is 2.01. The highest BCUT2D eigenvalue weighted by Gasteiger charge is 2.31. The van der Waals surface area contributed by atoms with Crippen LogP contribution in [0, 0.1) is 12.8 Å². The molecule has 2 aromatic rings. The Hall–Kier alpha value is -1.53. The maximum Gasteiger partial charge on any atom is 0.236 e. The summed E-state index contributed by atoms with van der Waals surface area (Å²) in [6.07, 6.45) is 2.03. The van der Waals surface area contributed by atoms with Gasteiger partial charge in [0.25, 0.3) is 0 Å². The van der Waals surface area contributed by atoms with Gasteiger partial charge in [-0.3, -0.25) is 0 Å². The molecule has 2 heterocycles. The van der Waals surface area contributed by atoms with Crippen LogP contribution in [-0.4, -0.2) is 26.5 Å². The van der Waals surface area contributed by atoms with E-state index >= 15 is 0 Å². The number of nitrogens with zero attached hydrogens (tertiary/aromatic N) is 2. The fourth-order valence-corrected chi connectivity index (χ4v) is 4.20. The Kier molecular flexibility index (Phi) is 4.38. The zero-order chi connectivity index (χ0) is 16.6. The molecular weight excluding hydrogens is 336 g/mol. The number of rotatable bonds is 3. The fraction of sp³-hybridized carbons (Fsp3) is 0.438. The summed E-state index contributed by atoms with van der Waals surface area (Å²) < 4.78 is 31.4. The minimum Gasteiger partial charge on any atom is -0.424 e. The molecule has 1 fully saturated rings. The zero-order valence-corrected chi connectivity index (χ0v) is 14.7. The van der Waals surface area contributed by atoms with Crippen molar-refractivity contribution >= 4 is 27.3 Å². The van der Waals surface area contributed by atoms with Crippen molar-refractivity contribution < 1.29 is 12.8 Å². The van der Waals surface area contributed by atoms with E-state index in [2.05, 4.69) is 11.9 Å². The number of hydrogen-bond donors (Lipinski definition) is 0. The molecule has 0 amide bonds. The highest BCUT2D eigenvalue weighted by Crippen LogP contribution is 2.33. The average molecular weight is 355 g/mol. The van der Waals surface area contributed by atoms with Gasteiger partial charge in [-0.2, -0.15) is 4.98 Å². The van der Waals surface area contributed by atoms with Crippen molar-refractivity contribution in [3.63, 3.8) is 0 Å². The Morgan fingerprint density at radius 2 is 1.83 bits per heavy atom. The number of anilines is 1. The van der Waals surface area contributed by atoms with Crippen molar-refractivity contribution in [2.75, 3.05) is 18.0 Å². The zero-order valence-electron chi connectivity index (χ0n) is 13.1. The van der Waals surface area contributed by atoms with E-state index in [1.54, 1.807) is 19.1 Å². The number of halogens is 1. The summed E-state index contributed by atoms with van der Waals surface area (Å²) in [6.45, 7) is 5.42. The molecule has 5 nitrogen and oxygen atoms in total. The fourth-order valence-electron chi connectivity index (χ4n) is 2.71. The predicted octanol–water partition coefficient (Wildman–Crippen LogP) is 3.71. The minimum absolute atomic E-state index is 0.00752. The lowest BCUT2D eigenvalue weighted by molar-refractivity contribution is 0.410. The second kappa shape index (κ2) is 6.17. The molecule has 7 heteroatoms. The molecule has 0 spiro atoms. The molecule has 1 aromatic heterocycles. The first-order chi connectivity index (χ1) is 10.9. The molecule has 0 radical (unpaired) electrons. The first kappa shape index (κ1) is 16.3. The quantitative estimate of drug-likeness (QED) is 0.840. The van der Waals surface area contributed by atoms with Gasteiger partial charge in [-0.15, -0.1) is 0 Å². The summed E-state index contributed by atoms with van der Waals surface area (Å²) in [7, 11) is -3.73. The third kappa shape index (κ3) is 3.23. The SMILES string of the molecule is Cc1nc(S(=O)(=O)c2ccc(Cl)cc2)c(N2CCC(C)CC2)o1. The van der Waals surface area contributed by atoms with Crippen molar-refractivity contribution in [2.45, 2.75) is 36.6 Å². The van der Waals surface area contributed by atoms with Gasteiger partial charge in [-0.05, 0) is 43.0 Å². The van der Waals surface area contributed by atoms with Crippen LogP contribution >= 0.6 is 11.6 Å². The number of benzene rings is 1. The number of sulfone groups is 1. The number of aromatic nitrogens is 1. The lowest BCUT2D eigenvalue weighted by Crippen LogP contribution is -2.33. The molecule has 0 saturated carbocycles. The summed E-state index contributed by atoms with van der Waals surface area (Å²) >= 11 is 5.84. The Labute approximate surface area is 141 Å². The van der Waals surface area contributed by atoms with Crippen LogP contribution in [0.5, 0.6) is 0 Å². The normalized spacial score (nSPS) is 16.7. The molecular formula is C16H19ClN2O3S. The van der Waals surface area contributed by atoms with Crippen LogP contribution in [0.2, 0.25) is 5.02 Å². The molecule has 3 rings (SSSR count). The molecule has 0 atom stereocenters. The largest absolute Gasteiger partial charge is 0.424 e. The molecule has 124 valence electrons. The highest BCUT2D eigenvalue weighted by molar-refractivity contribution is 7.91. The van der Waals surface area contributed by atoms with Crippen molar-refractivity contribution in [1.29, 1.82) is 0 Å². The summed E-state index contributed by atoms with van der Waals surface area (Å²) in [5.41, 5.74) is 0. The number of hydrogen-bond acceptors (Lipinski definition) is 5. The molecule has 0 aliphatic carbocycles.